The maximum Gasteiger partial charge on any atom is 0.408 e. The monoisotopic (exact) mass is 605 g/mol. The number of alkyl halides is 3. The lowest BCUT2D eigenvalue weighted by Crippen LogP contribution is -2.17. The van der Waals surface area contributed by atoms with E-state index in [9.17, 15) is 23.1 Å². The van der Waals surface area contributed by atoms with Gasteiger partial charge in [-0.3, -0.25) is 0 Å². The van der Waals surface area contributed by atoms with Crippen LogP contribution in [0.5, 0.6) is 11.8 Å². The first-order chi connectivity index (χ1) is 20.9. The fourth-order valence-corrected chi connectivity index (χ4v) is 4.71. The molecule has 0 aliphatic carbocycles. The van der Waals surface area contributed by atoms with Crippen molar-refractivity contribution in [3.8, 4) is 45.4 Å². The largest absolute Gasteiger partial charge is 0.478 e. The smallest absolute Gasteiger partial charge is 0.408 e. The Morgan fingerprint density at radius 2 is 1.57 bits per heavy atom. The highest BCUT2D eigenvalue weighted by Crippen LogP contribution is 2.34. The van der Waals surface area contributed by atoms with Crippen molar-refractivity contribution in [1.82, 2.24) is 24.7 Å². The second-order valence-electron chi connectivity index (χ2n) is 9.91. The molecule has 0 aliphatic heterocycles. The van der Waals surface area contributed by atoms with Gasteiger partial charge in [0.1, 0.15) is 30.0 Å². The van der Waals surface area contributed by atoms with E-state index in [2.05, 4.69) is 20.1 Å². The topological polar surface area (TPSA) is 106 Å². The third-order valence-electron chi connectivity index (χ3n) is 6.83. The first kappa shape index (κ1) is 28.5. The minimum absolute atomic E-state index is 0.0334. The van der Waals surface area contributed by atoms with E-state index >= 15 is 8.78 Å². The van der Waals surface area contributed by atoms with E-state index in [4.69, 9.17) is 4.74 Å². The number of nitrogens with one attached hydrogen (secondary N) is 1. The Morgan fingerprint density at radius 1 is 0.932 bits per heavy atom. The molecule has 13 heteroatoms. The summed E-state index contributed by atoms with van der Waals surface area (Å²) in [6.45, 7) is 0.398. The van der Waals surface area contributed by atoms with Crippen LogP contribution < -0.4 is 4.74 Å². The van der Waals surface area contributed by atoms with Crippen molar-refractivity contribution >= 4 is 17.0 Å². The number of halogens is 5. The van der Waals surface area contributed by atoms with E-state index in [0.29, 0.717) is 11.1 Å². The number of carbonyl (C=O) groups is 1. The molecule has 0 aliphatic rings. The zero-order valence-corrected chi connectivity index (χ0v) is 22.7. The number of aromatic amines is 1. The number of imidazole rings is 1. The zero-order chi connectivity index (χ0) is 31.2. The number of benzene rings is 4. The van der Waals surface area contributed by atoms with Crippen molar-refractivity contribution in [2.75, 3.05) is 0 Å². The van der Waals surface area contributed by atoms with Gasteiger partial charge in [-0.1, -0.05) is 54.6 Å². The molecule has 8 nitrogen and oxygen atoms in total. The zero-order valence-electron chi connectivity index (χ0n) is 22.7. The number of carboxylic acids is 1. The fraction of sp³-hybridized carbons (Fsp3) is 0.0968. The van der Waals surface area contributed by atoms with Gasteiger partial charge in [0, 0.05) is 11.6 Å². The highest BCUT2D eigenvalue weighted by atomic mass is 19.4. The van der Waals surface area contributed by atoms with Crippen LogP contribution in [0.3, 0.4) is 0 Å². The van der Waals surface area contributed by atoms with Gasteiger partial charge in [0.15, 0.2) is 11.6 Å². The number of aryl methyl sites for hydroxylation is 1. The Labute approximate surface area is 245 Å². The van der Waals surface area contributed by atoms with E-state index in [0.717, 1.165) is 28.2 Å². The summed E-state index contributed by atoms with van der Waals surface area (Å²) in [6.07, 6.45) is -3.39. The van der Waals surface area contributed by atoms with Gasteiger partial charge < -0.3 is 14.8 Å². The normalized spacial score (nSPS) is 11.7. The van der Waals surface area contributed by atoms with Crippen molar-refractivity contribution in [2.24, 2.45) is 0 Å². The number of aromatic nitrogens is 5. The maximum atomic E-state index is 15.6. The number of H-pyrrole nitrogens is 1. The third kappa shape index (κ3) is 5.71. The molecular formula is C31H20F5N5O3. The molecule has 0 saturated carbocycles. The molecule has 2 heterocycles. The van der Waals surface area contributed by atoms with Crippen molar-refractivity contribution in [1.29, 1.82) is 0 Å². The fourth-order valence-electron chi connectivity index (χ4n) is 4.71. The van der Waals surface area contributed by atoms with Crippen LogP contribution in [-0.2, 0) is 6.54 Å². The average Bonchev–Trinajstić information content (AvgIpc) is 3.60. The number of ether oxygens (including phenoxy) is 1. The van der Waals surface area contributed by atoms with E-state index in [1.807, 2.05) is 0 Å². The molecule has 0 unspecified atom stereocenters. The highest BCUT2D eigenvalue weighted by Gasteiger charge is 2.28. The molecule has 4 aromatic carbocycles. The van der Waals surface area contributed by atoms with E-state index in [-0.39, 0.29) is 45.3 Å². The number of aromatic carboxylic acids is 1. The molecule has 0 bridgehead atoms. The Hall–Kier alpha value is -5.59. The molecule has 0 spiro atoms. The molecule has 0 fully saturated rings. The lowest BCUT2D eigenvalue weighted by atomic mass is 9.98. The molecule has 6 aromatic rings. The van der Waals surface area contributed by atoms with Crippen LogP contribution in [0.2, 0.25) is 0 Å². The summed E-state index contributed by atoms with van der Waals surface area (Å²) in [5, 5.41) is 13.2. The molecule has 0 radical (unpaired) electrons. The Balaban J connectivity index is 1.23. The molecule has 2 N–H and O–H groups in total. The van der Waals surface area contributed by atoms with Crippen LogP contribution in [0, 0.1) is 18.6 Å². The van der Waals surface area contributed by atoms with Crippen molar-refractivity contribution in [2.45, 2.75) is 19.6 Å². The summed E-state index contributed by atoms with van der Waals surface area (Å²) in [4.78, 5) is 22.2. The van der Waals surface area contributed by atoms with E-state index in [1.165, 1.54) is 12.1 Å². The third-order valence-corrected chi connectivity index (χ3v) is 6.83. The second kappa shape index (κ2) is 10.9. The summed E-state index contributed by atoms with van der Waals surface area (Å²) in [6, 6.07) is 18.6. The lowest BCUT2D eigenvalue weighted by molar-refractivity contribution is -0.142. The van der Waals surface area contributed by atoms with Crippen LogP contribution in [0.25, 0.3) is 44.7 Å². The van der Waals surface area contributed by atoms with Gasteiger partial charge in [-0.15, -0.1) is 0 Å². The highest BCUT2D eigenvalue weighted by molar-refractivity contribution is 5.90. The molecule has 44 heavy (non-hydrogen) atoms. The molecular weight excluding hydrogens is 585 g/mol. The summed E-state index contributed by atoms with van der Waals surface area (Å²) >= 11 is 0. The maximum absolute atomic E-state index is 15.6. The van der Waals surface area contributed by atoms with Crippen LogP contribution in [0.15, 0.2) is 79.1 Å². The molecule has 2 aromatic heterocycles. The Kier molecular flexibility index (Phi) is 7.08. The average molecular weight is 606 g/mol. The first-order valence-corrected chi connectivity index (χ1v) is 13.0. The molecule has 6 rings (SSSR count). The summed E-state index contributed by atoms with van der Waals surface area (Å²) in [7, 11) is 0. The van der Waals surface area contributed by atoms with Crippen molar-refractivity contribution in [3.63, 3.8) is 0 Å². The second-order valence-corrected chi connectivity index (χ2v) is 9.91. The number of nitrogens with zero attached hydrogens (tertiary/aromatic N) is 4. The quantitative estimate of drug-likeness (QED) is 0.180. The Bertz CT molecular complexity index is 2020. The van der Waals surface area contributed by atoms with E-state index in [1.54, 1.807) is 61.5 Å². The van der Waals surface area contributed by atoms with Gasteiger partial charge in [0.25, 0.3) is 6.01 Å². The Morgan fingerprint density at radius 3 is 2.20 bits per heavy atom. The van der Waals surface area contributed by atoms with Crippen LogP contribution in [-0.4, -0.2) is 42.0 Å². The molecule has 0 amide bonds. The summed E-state index contributed by atoms with van der Waals surface area (Å²) < 4.78 is 74.9. The first-order valence-electron chi connectivity index (χ1n) is 13.0. The number of hydrogen-bond acceptors (Lipinski definition) is 5. The molecule has 0 saturated heterocycles. The number of carboxylic acid groups (broad SMARTS) is 1. The van der Waals surface area contributed by atoms with Gasteiger partial charge in [-0.25, -0.2) is 23.2 Å². The number of rotatable bonds is 7. The standard InChI is InChI=1S/C31H20F5N5O3/c1-16-2-11-21(12-22(16)29(42)43)44-30-38-24-13-23(32)25(26(33)27(24)39-30)19-7-3-17(4-8-19)18-5-9-20(10-6-18)28-37-15-41(40-28)14-31(34,35)36/h2-13,15H,14H2,1H3,(H,38,39)(H,42,43). The minimum Gasteiger partial charge on any atom is -0.478 e. The molecule has 0 atom stereocenters. The predicted octanol–water partition coefficient (Wildman–Crippen LogP) is 7.79. The minimum atomic E-state index is -4.41. The van der Waals surface area contributed by atoms with Crippen LogP contribution in [0.1, 0.15) is 15.9 Å². The summed E-state index contributed by atoms with van der Waals surface area (Å²) in [5.41, 5.74) is 2.44. The SMILES string of the molecule is Cc1ccc(Oc2nc3c(F)c(-c4ccc(-c5ccc(-c6ncn(CC(F)(F)F)n6)cc5)cc4)c(F)cc3[nH]2)cc1C(=O)O. The van der Waals surface area contributed by atoms with Crippen molar-refractivity contribution in [3.05, 3.63) is 102 Å². The predicted molar refractivity (Wildman–Crippen MR) is 150 cm³/mol. The van der Waals surface area contributed by atoms with Gasteiger partial charge in [0.2, 0.25) is 0 Å². The van der Waals surface area contributed by atoms with Crippen LogP contribution >= 0.6 is 0 Å². The number of hydrogen-bond donors (Lipinski definition) is 2. The van der Waals surface area contributed by atoms with Crippen LogP contribution in [0.4, 0.5) is 22.0 Å². The molecule has 222 valence electrons. The summed E-state index contributed by atoms with van der Waals surface area (Å²) in [5.74, 6) is -2.57. The van der Waals surface area contributed by atoms with Crippen molar-refractivity contribution < 1.29 is 36.6 Å². The van der Waals surface area contributed by atoms with Gasteiger partial charge >= 0.3 is 12.1 Å². The number of fused-ring (bicyclic) bond motifs is 1. The van der Waals surface area contributed by atoms with Gasteiger partial charge in [0.05, 0.1) is 16.6 Å². The van der Waals surface area contributed by atoms with Gasteiger partial charge in [-0.2, -0.15) is 23.3 Å². The van der Waals surface area contributed by atoms with E-state index < -0.39 is 30.3 Å². The lowest BCUT2D eigenvalue weighted by Gasteiger charge is -2.08. The van der Waals surface area contributed by atoms with Gasteiger partial charge in [-0.05, 0) is 41.3 Å².